The van der Waals surface area contributed by atoms with Crippen LogP contribution in [-0.4, -0.2) is 14.5 Å². The summed E-state index contributed by atoms with van der Waals surface area (Å²) in [6.07, 6.45) is 4.61. The Labute approximate surface area is 125 Å². The summed E-state index contributed by atoms with van der Waals surface area (Å²) in [5.41, 5.74) is 5.56. The lowest BCUT2D eigenvalue weighted by molar-refractivity contribution is 0.390. The minimum Gasteiger partial charge on any atom is -0.326 e. The van der Waals surface area contributed by atoms with Gasteiger partial charge in [-0.3, -0.25) is 0 Å². The first-order chi connectivity index (χ1) is 8.99. The summed E-state index contributed by atoms with van der Waals surface area (Å²) in [4.78, 5) is 1.21. The van der Waals surface area contributed by atoms with E-state index in [1.54, 1.807) is 6.07 Å². The fourth-order valence-electron chi connectivity index (χ4n) is 3.33. The number of rotatable bonds is 4. The molecule has 106 valence electrons. The average Bonchev–Trinajstić information content (AvgIpc) is 3.02. The van der Waals surface area contributed by atoms with Crippen molar-refractivity contribution in [3.05, 3.63) is 14.7 Å². The zero-order valence-electron chi connectivity index (χ0n) is 10.4. The lowest BCUT2D eigenvalue weighted by Gasteiger charge is -2.22. The molecule has 1 aromatic rings. The van der Waals surface area contributed by atoms with Gasteiger partial charge in [-0.25, -0.2) is 13.1 Å². The van der Waals surface area contributed by atoms with Gasteiger partial charge in [0.1, 0.15) is 4.90 Å². The van der Waals surface area contributed by atoms with Crippen LogP contribution >= 0.6 is 27.3 Å². The number of hydrogen-bond donors (Lipinski definition) is 2. The van der Waals surface area contributed by atoms with Crippen molar-refractivity contribution in [3.63, 3.8) is 0 Å². The third kappa shape index (κ3) is 2.63. The van der Waals surface area contributed by atoms with E-state index in [9.17, 15) is 8.42 Å². The molecule has 3 rings (SSSR count). The van der Waals surface area contributed by atoms with Crippen molar-refractivity contribution in [2.75, 3.05) is 0 Å². The second kappa shape index (κ2) is 5.11. The Morgan fingerprint density at radius 2 is 2.21 bits per heavy atom. The second-order valence-electron chi connectivity index (χ2n) is 5.46. The monoisotopic (exact) mass is 364 g/mol. The highest BCUT2D eigenvalue weighted by atomic mass is 79.9. The van der Waals surface area contributed by atoms with Crippen molar-refractivity contribution in [3.8, 4) is 0 Å². The predicted molar refractivity (Wildman–Crippen MR) is 79.5 cm³/mol. The first-order valence-electron chi connectivity index (χ1n) is 6.50. The van der Waals surface area contributed by atoms with Gasteiger partial charge in [-0.1, -0.05) is 6.42 Å². The van der Waals surface area contributed by atoms with E-state index in [-0.39, 0.29) is 6.04 Å². The molecule has 2 saturated carbocycles. The highest BCUT2D eigenvalue weighted by Crippen LogP contribution is 2.45. The number of sulfonamides is 1. The van der Waals surface area contributed by atoms with Crippen LogP contribution in [-0.2, 0) is 16.6 Å². The molecule has 0 spiro atoms. The first-order valence-corrected chi connectivity index (χ1v) is 9.59. The van der Waals surface area contributed by atoms with Crippen molar-refractivity contribution in [2.24, 2.45) is 17.6 Å². The smallest absolute Gasteiger partial charge is 0.242 e. The van der Waals surface area contributed by atoms with E-state index in [1.807, 2.05) is 0 Å². The van der Waals surface area contributed by atoms with Gasteiger partial charge in [0, 0.05) is 17.5 Å². The number of thiophene rings is 1. The van der Waals surface area contributed by atoms with E-state index in [2.05, 4.69) is 20.7 Å². The minimum atomic E-state index is -3.43. The number of halogens is 1. The van der Waals surface area contributed by atoms with Crippen molar-refractivity contribution in [2.45, 2.75) is 43.2 Å². The standard InChI is InChI=1S/C12H17BrN2O2S2/c13-12-11(5-9(6-14)18-12)19(16,17)15-10-4-7-1-2-8(10)3-7/h5,7-8,10,15H,1-4,6,14H2. The van der Waals surface area contributed by atoms with Gasteiger partial charge in [-0.05, 0) is 53.1 Å². The van der Waals surface area contributed by atoms with Gasteiger partial charge < -0.3 is 5.73 Å². The molecular weight excluding hydrogens is 348 g/mol. The van der Waals surface area contributed by atoms with Crippen LogP contribution in [0, 0.1) is 11.8 Å². The Morgan fingerprint density at radius 1 is 1.42 bits per heavy atom. The fraction of sp³-hybridized carbons (Fsp3) is 0.667. The molecule has 2 aliphatic rings. The molecule has 0 saturated heterocycles. The summed E-state index contributed by atoms with van der Waals surface area (Å²) in [6.45, 7) is 0.368. The Morgan fingerprint density at radius 3 is 2.74 bits per heavy atom. The second-order valence-corrected chi connectivity index (χ2v) is 9.59. The zero-order chi connectivity index (χ0) is 13.6. The molecule has 1 aromatic heterocycles. The first kappa shape index (κ1) is 14.0. The molecule has 7 heteroatoms. The van der Waals surface area contributed by atoms with Gasteiger partial charge in [-0.2, -0.15) is 0 Å². The molecule has 0 aromatic carbocycles. The predicted octanol–water partition coefficient (Wildman–Crippen LogP) is 2.44. The maximum Gasteiger partial charge on any atom is 0.242 e. The minimum absolute atomic E-state index is 0.122. The molecule has 3 N–H and O–H groups in total. The lowest BCUT2D eigenvalue weighted by Crippen LogP contribution is -2.38. The number of hydrogen-bond acceptors (Lipinski definition) is 4. The Balaban J connectivity index is 1.80. The summed E-state index contributed by atoms with van der Waals surface area (Å²) in [7, 11) is -3.43. The van der Waals surface area contributed by atoms with Crippen LogP contribution in [0.2, 0.25) is 0 Å². The van der Waals surface area contributed by atoms with Crippen LogP contribution in [0.15, 0.2) is 14.7 Å². The van der Waals surface area contributed by atoms with Crippen LogP contribution in [0.5, 0.6) is 0 Å². The van der Waals surface area contributed by atoms with Crippen molar-refractivity contribution in [1.29, 1.82) is 0 Å². The molecule has 3 unspecified atom stereocenters. The maximum absolute atomic E-state index is 12.4. The molecule has 0 aliphatic heterocycles. The highest BCUT2D eigenvalue weighted by Gasteiger charge is 2.41. The number of fused-ring (bicyclic) bond motifs is 2. The van der Waals surface area contributed by atoms with E-state index in [0.717, 1.165) is 23.6 Å². The maximum atomic E-state index is 12.4. The van der Waals surface area contributed by atoms with E-state index in [1.165, 1.54) is 24.2 Å². The molecule has 0 radical (unpaired) electrons. The molecule has 19 heavy (non-hydrogen) atoms. The topological polar surface area (TPSA) is 72.2 Å². The average molecular weight is 365 g/mol. The Kier molecular flexibility index (Phi) is 3.77. The summed E-state index contributed by atoms with van der Waals surface area (Å²) in [5.74, 6) is 1.26. The normalized spacial score (nSPS) is 30.1. The van der Waals surface area contributed by atoms with Gasteiger partial charge >= 0.3 is 0 Å². The third-order valence-electron chi connectivity index (χ3n) is 4.24. The largest absolute Gasteiger partial charge is 0.326 e. The zero-order valence-corrected chi connectivity index (χ0v) is 13.7. The van der Waals surface area contributed by atoms with Gasteiger partial charge in [0.2, 0.25) is 10.0 Å². The molecule has 2 aliphatic carbocycles. The molecule has 0 amide bonds. The van der Waals surface area contributed by atoms with E-state index in [0.29, 0.717) is 21.1 Å². The summed E-state index contributed by atoms with van der Waals surface area (Å²) < 4.78 is 28.4. The van der Waals surface area contributed by atoms with E-state index < -0.39 is 10.0 Å². The van der Waals surface area contributed by atoms with Gasteiger partial charge in [0.05, 0.1) is 3.79 Å². The molecule has 4 nitrogen and oxygen atoms in total. The van der Waals surface area contributed by atoms with Crippen LogP contribution in [0.1, 0.15) is 30.6 Å². The van der Waals surface area contributed by atoms with Gasteiger partial charge in [0.15, 0.2) is 0 Å². The Hall–Kier alpha value is 0.0500. The molecular formula is C12H17BrN2O2S2. The molecule has 3 atom stereocenters. The van der Waals surface area contributed by atoms with Crippen molar-refractivity contribution < 1.29 is 8.42 Å². The number of nitrogens with one attached hydrogen (secondary N) is 1. The number of nitrogens with two attached hydrogens (primary N) is 1. The fourth-order valence-corrected chi connectivity index (χ4v) is 7.21. The van der Waals surface area contributed by atoms with Crippen LogP contribution in [0.3, 0.4) is 0 Å². The van der Waals surface area contributed by atoms with Crippen molar-refractivity contribution in [1.82, 2.24) is 4.72 Å². The van der Waals surface area contributed by atoms with E-state index >= 15 is 0 Å². The van der Waals surface area contributed by atoms with Crippen molar-refractivity contribution >= 4 is 37.3 Å². The highest BCUT2D eigenvalue weighted by molar-refractivity contribution is 9.11. The summed E-state index contributed by atoms with van der Waals surface area (Å²) >= 11 is 4.71. The van der Waals surface area contributed by atoms with Gasteiger partial charge in [0.25, 0.3) is 0 Å². The summed E-state index contributed by atoms with van der Waals surface area (Å²) in [5, 5.41) is 0. The third-order valence-corrected chi connectivity index (χ3v) is 8.01. The van der Waals surface area contributed by atoms with Crippen LogP contribution in [0.4, 0.5) is 0 Å². The summed E-state index contributed by atoms with van der Waals surface area (Å²) in [6, 6.07) is 1.79. The molecule has 2 fully saturated rings. The van der Waals surface area contributed by atoms with Crippen LogP contribution < -0.4 is 10.5 Å². The Bertz CT molecular complexity index is 585. The van der Waals surface area contributed by atoms with E-state index in [4.69, 9.17) is 5.73 Å². The lowest BCUT2D eigenvalue weighted by atomic mass is 9.96. The molecule has 1 heterocycles. The van der Waals surface area contributed by atoms with Crippen LogP contribution in [0.25, 0.3) is 0 Å². The quantitative estimate of drug-likeness (QED) is 0.861. The SMILES string of the molecule is NCc1cc(S(=O)(=O)NC2CC3CCC2C3)c(Br)s1. The van der Waals surface area contributed by atoms with Gasteiger partial charge in [-0.15, -0.1) is 11.3 Å². The molecule has 2 bridgehead atoms.